The molecule has 2 amide bonds. The molecule has 0 aromatic heterocycles. The molecule has 0 radical (unpaired) electrons. The number of carbonyl (C=O) groups is 1. The maximum absolute atomic E-state index is 11.1. The number of rotatable bonds is 2. The fourth-order valence-electron chi connectivity index (χ4n) is 2.66. The van der Waals surface area contributed by atoms with Crippen molar-refractivity contribution in [3.05, 3.63) is 35.9 Å². The van der Waals surface area contributed by atoms with Gasteiger partial charge in [-0.1, -0.05) is 43.2 Å². The van der Waals surface area contributed by atoms with Crippen LogP contribution >= 0.6 is 0 Å². The molecule has 1 aliphatic rings. The molecule has 3 N–H and O–H groups in total. The smallest absolute Gasteiger partial charge is 0.338 e. The number of hydrogen-bond donors (Lipinski definition) is 2. The Balaban J connectivity index is 2.21. The Morgan fingerprint density at radius 2 is 1.88 bits per heavy atom. The summed E-state index contributed by atoms with van der Waals surface area (Å²) in [5.74, 6) is 0.183. The van der Waals surface area contributed by atoms with E-state index >= 15 is 0 Å². The van der Waals surface area contributed by atoms with Crippen LogP contribution in [-0.2, 0) is 0 Å². The van der Waals surface area contributed by atoms with E-state index in [-0.39, 0.29) is 12.0 Å². The van der Waals surface area contributed by atoms with Crippen molar-refractivity contribution >= 4 is 6.03 Å². The van der Waals surface area contributed by atoms with Gasteiger partial charge < -0.3 is 5.73 Å². The molecule has 1 aromatic rings. The van der Waals surface area contributed by atoms with Crippen LogP contribution < -0.4 is 5.73 Å². The van der Waals surface area contributed by atoms with Crippen molar-refractivity contribution in [3.63, 3.8) is 0 Å². The van der Waals surface area contributed by atoms with E-state index in [9.17, 15) is 10.0 Å². The highest BCUT2D eigenvalue weighted by Gasteiger charge is 2.32. The number of urea groups is 1. The van der Waals surface area contributed by atoms with Crippen LogP contribution in [0.3, 0.4) is 0 Å². The predicted octanol–water partition coefficient (Wildman–Crippen LogP) is 2.48. The fourth-order valence-corrected chi connectivity index (χ4v) is 2.66. The Kier molecular flexibility index (Phi) is 3.64. The lowest BCUT2D eigenvalue weighted by Gasteiger charge is -2.35. The van der Waals surface area contributed by atoms with Crippen LogP contribution in [0.25, 0.3) is 0 Å². The average molecular weight is 234 g/mol. The van der Waals surface area contributed by atoms with Gasteiger partial charge in [-0.05, 0) is 18.4 Å². The van der Waals surface area contributed by atoms with Crippen LogP contribution in [0.2, 0.25) is 0 Å². The van der Waals surface area contributed by atoms with E-state index in [4.69, 9.17) is 5.73 Å². The van der Waals surface area contributed by atoms with E-state index in [2.05, 4.69) is 0 Å². The molecule has 0 bridgehead atoms. The molecule has 0 spiro atoms. The molecule has 0 saturated heterocycles. The van der Waals surface area contributed by atoms with Crippen molar-refractivity contribution < 1.29 is 10.0 Å². The number of hydroxylamine groups is 2. The van der Waals surface area contributed by atoms with Crippen molar-refractivity contribution in [2.45, 2.75) is 37.6 Å². The van der Waals surface area contributed by atoms with Crippen LogP contribution in [0.4, 0.5) is 4.79 Å². The Hall–Kier alpha value is -1.55. The topological polar surface area (TPSA) is 66.6 Å². The summed E-state index contributed by atoms with van der Waals surface area (Å²) in [6.07, 6.45) is 3.94. The van der Waals surface area contributed by atoms with E-state index in [0.717, 1.165) is 31.2 Å². The molecule has 17 heavy (non-hydrogen) atoms. The van der Waals surface area contributed by atoms with Crippen molar-refractivity contribution in [1.29, 1.82) is 0 Å². The van der Waals surface area contributed by atoms with Gasteiger partial charge in [-0.25, -0.2) is 9.86 Å². The summed E-state index contributed by atoms with van der Waals surface area (Å²) < 4.78 is 0. The predicted molar refractivity (Wildman–Crippen MR) is 64.6 cm³/mol. The molecule has 4 heteroatoms. The highest BCUT2D eigenvalue weighted by atomic mass is 16.5. The minimum absolute atomic E-state index is 0.183. The summed E-state index contributed by atoms with van der Waals surface area (Å²) in [5, 5.41) is 10.4. The van der Waals surface area contributed by atoms with Crippen molar-refractivity contribution in [2.24, 2.45) is 5.73 Å². The second-order valence-electron chi connectivity index (χ2n) is 4.55. The lowest BCUT2D eigenvalue weighted by Crippen LogP contribution is -2.45. The lowest BCUT2D eigenvalue weighted by molar-refractivity contribution is -0.0903. The standard InChI is InChI=1S/C13H18N2O2/c14-13(16)15(17)12-9-5-4-8-11(12)10-6-2-1-3-7-10/h1-3,6-7,11-12,17H,4-5,8-9H2,(H2,14,16). The molecule has 4 nitrogen and oxygen atoms in total. The summed E-state index contributed by atoms with van der Waals surface area (Å²) in [6.45, 7) is 0. The second kappa shape index (κ2) is 5.19. The maximum atomic E-state index is 11.1. The van der Waals surface area contributed by atoms with Crippen LogP contribution in [0.5, 0.6) is 0 Å². The van der Waals surface area contributed by atoms with Gasteiger partial charge in [0, 0.05) is 5.92 Å². The first-order valence-electron chi connectivity index (χ1n) is 6.02. The van der Waals surface area contributed by atoms with Crippen LogP contribution in [0.15, 0.2) is 30.3 Å². The van der Waals surface area contributed by atoms with Crippen molar-refractivity contribution in [3.8, 4) is 0 Å². The summed E-state index contributed by atoms with van der Waals surface area (Å²) >= 11 is 0. The van der Waals surface area contributed by atoms with Gasteiger partial charge >= 0.3 is 6.03 Å². The molecule has 0 heterocycles. The summed E-state index contributed by atoms with van der Waals surface area (Å²) in [5.41, 5.74) is 6.31. The average Bonchev–Trinajstić information content (AvgIpc) is 2.39. The number of nitrogens with zero attached hydrogens (tertiary/aromatic N) is 1. The fraction of sp³-hybridized carbons (Fsp3) is 0.462. The molecule has 2 atom stereocenters. The van der Waals surface area contributed by atoms with Crippen LogP contribution in [0, 0.1) is 0 Å². The third-order valence-electron chi connectivity index (χ3n) is 3.50. The van der Waals surface area contributed by atoms with Crippen molar-refractivity contribution in [2.75, 3.05) is 0 Å². The number of nitrogens with two attached hydrogens (primary N) is 1. The molecular weight excluding hydrogens is 216 g/mol. The zero-order chi connectivity index (χ0) is 12.3. The van der Waals surface area contributed by atoms with Gasteiger partial charge in [0.05, 0.1) is 6.04 Å². The Labute approximate surface area is 101 Å². The Bertz CT molecular complexity index is 380. The molecule has 1 fully saturated rings. The van der Waals surface area contributed by atoms with E-state index in [0.29, 0.717) is 5.06 Å². The molecular formula is C13H18N2O2. The molecule has 0 aliphatic heterocycles. The molecule has 92 valence electrons. The van der Waals surface area contributed by atoms with E-state index in [1.807, 2.05) is 30.3 Å². The van der Waals surface area contributed by atoms with Gasteiger partial charge in [0.15, 0.2) is 0 Å². The largest absolute Gasteiger partial charge is 0.350 e. The summed E-state index contributed by atoms with van der Waals surface area (Å²) in [4.78, 5) is 11.1. The first kappa shape index (κ1) is 11.9. The monoisotopic (exact) mass is 234 g/mol. The molecule has 2 rings (SSSR count). The van der Waals surface area contributed by atoms with Crippen molar-refractivity contribution in [1.82, 2.24) is 5.06 Å². The van der Waals surface area contributed by atoms with Crippen LogP contribution in [-0.4, -0.2) is 22.3 Å². The van der Waals surface area contributed by atoms with Gasteiger partial charge in [-0.3, -0.25) is 5.21 Å². The molecule has 1 aliphatic carbocycles. The van der Waals surface area contributed by atoms with Crippen LogP contribution in [0.1, 0.15) is 37.2 Å². The van der Waals surface area contributed by atoms with Gasteiger partial charge in [0.1, 0.15) is 0 Å². The van der Waals surface area contributed by atoms with E-state index in [1.165, 1.54) is 0 Å². The maximum Gasteiger partial charge on any atom is 0.338 e. The first-order chi connectivity index (χ1) is 8.20. The summed E-state index contributed by atoms with van der Waals surface area (Å²) in [6, 6.07) is 9.04. The highest BCUT2D eigenvalue weighted by molar-refractivity contribution is 5.71. The Morgan fingerprint density at radius 3 is 2.53 bits per heavy atom. The highest BCUT2D eigenvalue weighted by Crippen LogP contribution is 2.35. The Morgan fingerprint density at radius 1 is 1.24 bits per heavy atom. The number of primary amides is 1. The van der Waals surface area contributed by atoms with E-state index < -0.39 is 6.03 Å². The third kappa shape index (κ3) is 2.58. The van der Waals surface area contributed by atoms with Gasteiger partial charge in [0.2, 0.25) is 0 Å². The zero-order valence-electron chi connectivity index (χ0n) is 9.75. The quantitative estimate of drug-likeness (QED) is 0.609. The van der Waals surface area contributed by atoms with Gasteiger partial charge in [0.25, 0.3) is 0 Å². The second-order valence-corrected chi connectivity index (χ2v) is 4.55. The summed E-state index contributed by atoms with van der Waals surface area (Å²) in [7, 11) is 0. The molecule has 1 saturated carbocycles. The SMILES string of the molecule is NC(=O)N(O)C1CCCCC1c1ccccc1. The van der Waals surface area contributed by atoms with E-state index in [1.54, 1.807) is 0 Å². The molecule has 2 unspecified atom stereocenters. The zero-order valence-corrected chi connectivity index (χ0v) is 9.75. The lowest BCUT2D eigenvalue weighted by atomic mass is 9.80. The third-order valence-corrected chi connectivity index (χ3v) is 3.50. The molecule has 1 aromatic carbocycles. The minimum atomic E-state index is -0.766. The number of hydrogen-bond acceptors (Lipinski definition) is 2. The number of amides is 2. The first-order valence-corrected chi connectivity index (χ1v) is 6.02. The van der Waals surface area contributed by atoms with Gasteiger partial charge in [-0.2, -0.15) is 0 Å². The van der Waals surface area contributed by atoms with Gasteiger partial charge in [-0.15, -0.1) is 0 Å². The number of benzene rings is 1. The number of carbonyl (C=O) groups excluding carboxylic acids is 1. The normalized spacial score (nSPS) is 24.3. The minimum Gasteiger partial charge on any atom is -0.350 e.